The maximum Gasteiger partial charge on any atom is 0.320 e. The van der Waals surface area contributed by atoms with Gasteiger partial charge in [0, 0.05) is 0 Å². The van der Waals surface area contributed by atoms with Gasteiger partial charge in [-0.25, -0.2) is 0 Å². The summed E-state index contributed by atoms with van der Waals surface area (Å²) < 4.78 is 5.20. The van der Waals surface area contributed by atoms with Gasteiger partial charge in [-0.15, -0.1) is 0 Å². The molecule has 0 saturated heterocycles. The molecule has 0 aliphatic heterocycles. The summed E-state index contributed by atoms with van der Waals surface area (Å²) in [4.78, 5) is 23.9. The van der Waals surface area contributed by atoms with Crippen LogP contribution in [-0.4, -0.2) is 23.1 Å². The molecule has 0 heterocycles. The molecule has 1 unspecified atom stereocenters. The van der Waals surface area contributed by atoms with Crippen molar-refractivity contribution in [1.82, 2.24) is 0 Å². The van der Waals surface area contributed by atoms with E-state index in [4.69, 9.17) is 4.74 Å². The highest BCUT2D eigenvalue weighted by atomic mass is 16.5. The fourth-order valence-electron chi connectivity index (χ4n) is 5.38. The second-order valence-electron chi connectivity index (χ2n) is 9.25. The van der Waals surface area contributed by atoms with Crippen LogP contribution >= 0.6 is 0 Å². The number of carbonyl (C=O) groups is 2. The Morgan fingerprint density at radius 2 is 1.48 bits per heavy atom. The van der Waals surface area contributed by atoms with Crippen molar-refractivity contribution in [2.75, 3.05) is 0 Å². The van der Waals surface area contributed by atoms with Gasteiger partial charge in [0.1, 0.15) is 0 Å². The molecule has 1 atom stereocenters. The first-order chi connectivity index (χ1) is 12.9. The predicted octanol–water partition coefficient (Wildman–Crippen LogP) is 5.83. The third-order valence-electron chi connectivity index (χ3n) is 6.93. The summed E-state index contributed by atoms with van der Waals surface area (Å²) in [5.74, 6) is -0.123. The molecule has 0 aromatic heterocycles. The molecule has 2 fully saturated rings. The van der Waals surface area contributed by atoms with Crippen molar-refractivity contribution >= 4 is 11.9 Å². The van der Waals surface area contributed by atoms with Crippen LogP contribution in [0.2, 0.25) is 0 Å². The second-order valence-corrected chi connectivity index (χ2v) is 9.25. The lowest BCUT2D eigenvalue weighted by Gasteiger charge is -2.38. The number of esters is 1. The van der Waals surface area contributed by atoms with Gasteiger partial charge in [0.05, 0.1) is 6.10 Å². The maximum atomic E-state index is 12.2. The Morgan fingerprint density at radius 3 is 1.96 bits per heavy atom. The van der Waals surface area contributed by atoms with E-state index in [0.717, 1.165) is 43.4 Å². The van der Waals surface area contributed by atoms with Gasteiger partial charge in [0.15, 0.2) is 5.92 Å². The summed E-state index contributed by atoms with van der Waals surface area (Å²) in [6, 6.07) is 0. The largest absolute Gasteiger partial charge is 0.481 e. The van der Waals surface area contributed by atoms with E-state index in [0.29, 0.717) is 0 Å². The number of unbranched alkanes of at least 4 members (excludes halogenated alkanes) is 2. The molecule has 0 aromatic rings. The standard InChI is InChI=1S/C23H40O4/c1-4-5-6-7-17-8-10-18(11-9-17)19-12-14-20(15-13-19)21(22(24)25)23(26)27-16(2)3/h16-21H,4-15H2,1-3H3,(H,24,25). The van der Waals surface area contributed by atoms with Crippen molar-refractivity contribution in [1.29, 1.82) is 0 Å². The lowest BCUT2D eigenvalue weighted by Crippen LogP contribution is -2.37. The molecule has 27 heavy (non-hydrogen) atoms. The summed E-state index contributed by atoms with van der Waals surface area (Å²) in [6.07, 6.45) is 14.5. The predicted molar refractivity (Wildman–Crippen MR) is 107 cm³/mol. The van der Waals surface area contributed by atoms with Crippen LogP contribution in [0.5, 0.6) is 0 Å². The van der Waals surface area contributed by atoms with Gasteiger partial charge >= 0.3 is 11.9 Å². The minimum absolute atomic E-state index is 0.0598. The van der Waals surface area contributed by atoms with Crippen molar-refractivity contribution in [3.05, 3.63) is 0 Å². The Labute approximate surface area is 165 Å². The molecule has 4 heteroatoms. The Bertz CT molecular complexity index is 457. The van der Waals surface area contributed by atoms with Crippen LogP contribution in [0.25, 0.3) is 0 Å². The average molecular weight is 381 g/mol. The quantitative estimate of drug-likeness (QED) is 0.310. The lowest BCUT2D eigenvalue weighted by atomic mass is 9.67. The van der Waals surface area contributed by atoms with Crippen molar-refractivity contribution in [2.24, 2.45) is 29.6 Å². The molecule has 156 valence electrons. The monoisotopic (exact) mass is 380 g/mol. The fraction of sp³-hybridized carbons (Fsp3) is 0.913. The van der Waals surface area contributed by atoms with E-state index < -0.39 is 17.9 Å². The Hall–Kier alpha value is -1.06. The lowest BCUT2D eigenvalue weighted by molar-refractivity contribution is -0.165. The first-order valence-electron chi connectivity index (χ1n) is 11.4. The molecule has 2 rings (SSSR count). The molecule has 0 bridgehead atoms. The van der Waals surface area contributed by atoms with E-state index in [1.807, 2.05) is 0 Å². The van der Waals surface area contributed by atoms with Crippen LogP contribution in [0, 0.1) is 29.6 Å². The average Bonchev–Trinajstić information content (AvgIpc) is 2.62. The normalized spacial score (nSPS) is 30.1. The number of rotatable bonds is 9. The number of carboxylic acid groups (broad SMARTS) is 1. The molecular formula is C23H40O4. The van der Waals surface area contributed by atoms with Crippen molar-refractivity contribution in [3.8, 4) is 0 Å². The van der Waals surface area contributed by atoms with Crippen LogP contribution in [0.3, 0.4) is 0 Å². The Kier molecular flexibility index (Phi) is 9.11. The third kappa shape index (κ3) is 6.80. The molecule has 1 N–H and O–H groups in total. The van der Waals surface area contributed by atoms with Gasteiger partial charge in [-0.1, -0.05) is 45.4 Å². The first-order valence-corrected chi connectivity index (χ1v) is 11.4. The Morgan fingerprint density at radius 1 is 0.926 bits per heavy atom. The van der Waals surface area contributed by atoms with Gasteiger partial charge in [0.2, 0.25) is 0 Å². The van der Waals surface area contributed by atoms with Gasteiger partial charge < -0.3 is 9.84 Å². The summed E-state index contributed by atoms with van der Waals surface area (Å²) in [6.45, 7) is 5.81. The Balaban J connectivity index is 1.77. The topological polar surface area (TPSA) is 63.6 Å². The van der Waals surface area contributed by atoms with Crippen LogP contribution in [-0.2, 0) is 14.3 Å². The fourth-order valence-corrected chi connectivity index (χ4v) is 5.38. The van der Waals surface area contributed by atoms with E-state index in [2.05, 4.69) is 6.92 Å². The molecule has 0 aromatic carbocycles. The highest BCUT2D eigenvalue weighted by Gasteiger charge is 2.40. The first kappa shape index (κ1) is 22.2. The minimum atomic E-state index is -1.02. The second kappa shape index (κ2) is 11.1. The number of carbonyl (C=O) groups excluding carboxylic acids is 1. The zero-order chi connectivity index (χ0) is 19.8. The van der Waals surface area contributed by atoms with E-state index in [-0.39, 0.29) is 12.0 Å². The number of aliphatic carboxylic acids is 1. The highest BCUT2D eigenvalue weighted by Crippen LogP contribution is 2.43. The zero-order valence-electron chi connectivity index (χ0n) is 17.6. The van der Waals surface area contributed by atoms with Crippen LogP contribution in [0.4, 0.5) is 0 Å². The van der Waals surface area contributed by atoms with Gasteiger partial charge in [-0.2, -0.15) is 0 Å². The van der Waals surface area contributed by atoms with Crippen molar-refractivity contribution in [2.45, 2.75) is 104 Å². The number of ether oxygens (including phenoxy) is 1. The van der Waals surface area contributed by atoms with E-state index >= 15 is 0 Å². The molecule has 4 nitrogen and oxygen atoms in total. The van der Waals surface area contributed by atoms with Crippen molar-refractivity contribution in [3.63, 3.8) is 0 Å². The smallest absolute Gasteiger partial charge is 0.320 e. The van der Waals surface area contributed by atoms with E-state index in [1.165, 1.54) is 51.4 Å². The maximum absolute atomic E-state index is 12.2. The van der Waals surface area contributed by atoms with E-state index in [1.54, 1.807) is 13.8 Å². The number of carboxylic acids is 1. The summed E-state index contributed by atoms with van der Waals surface area (Å²) >= 11 is 0. The molecule has 2 saturated carbocycles. The molecule has 0 radical (unpaired) electrons. The van der Waals surface area contributed by atoms with Crippen LogP contribution in [0.1, 0.15) is 97.8 Å². The number of hydrogen-bond acceptors (Lipinski definition) is 3. The molecule has 2 aliphatic rings. The molecule has 0 spiro atoms. The van der Waals surface area contributed by atoms with Gasteiger partial charge in [-0.3, -0.25) is 9.59 Å². The number of hydrogen-bond donors (Lipinski definition) is 1. The summed E-state index contributed by atoms with van der Waals surface area (Å²) in [5.41, 5.74) is 0. The molecule has 2 aliphatic carbocycles. The molecule has 0 amide bonds. The van der Waals surface area contributed by atoms with Gasteiger partial charge in [-0.05, 0) is 76.0 Å². The summed E-state index contributed by atoms with van der Waals surface area (Å²) in [5, 5.41) is 9.54. The zero-order valence-corrected chi connectivity index (χ0v) is 17.6. The minimum Gasteiger partial charge on any atom is -0.481 e. The van der Waals surface area contributed by atoms with E-state index in [9.17, 15) is 14.7 Å². The SMILES string of the molecule is CCCCCC1CCC(C2CCC(C(C(=O)O)C(=O)OC(C)C)CC2)CC1. The van der Waals surface area contributed by atoms with Crippen molar-refractivity contribution < 1.29 is 19.4 Å². The summed E-state index contributed by atoms with van der Waals surface area (Å²) in [7, 11) is 0. The highest BCUT2D eigenvalue weighted by molar-refractivity contribution is 5.94. The molecular weight excluding hydrogens is 340 g/mol. The van der Waals surface area contributed by atoms with Gasteiger partial charge in [0.25, 0.3) is 0 Å². The third-order valence-corrected chi connectivity index (χ3v) is 6.93. The van der Waals surface area contributed by atoms with Crippen LogP contribution < -0.4 is 0 Å². The van der Waals surface area contributed by atoms with Crippen LogP contribution in [0.15, 0.2) is 0 Å².